The van der Waals surface area contributed by atoms with Crippen LogP contribution < -0.4 is 5.73 Å². The molecule has 0 spiro atoms. The van der Waals surface area contributed by atoms with Crippen LogP contribution in [0, 0.1) is 0 Å². The maximum absolute atomic E-state index is 13.2. The number of nitrogens with two attached hydrogens (primary N) is 1. The number of hydrogen-bond acceptors (Lipinski definition) is 5. The van der Waals surface area contributed by atoms with Gasteiger partial charge in [-0.05, 0) is 35.4 Å². The minimum Gasteiger partial charge on any atom is -0.336 e. The van der Waals surface area contributed by atoms with Crippen molar-refractivity contribution in [2.45, 2.75) is 30.3 Å². The van der Waals surface area contributed by atoms with Crippen molar-refractivity contribution in [1.82, 2.24) is 9.21 Å². The Bertz CT molecular complexity index is 939. The Balaban J connectivity index is 1.62. The highest BCUT2D eigenvalue weighted by molar-refractivity contribution is 7.89. The van der Waals surface area contributed by atoms with Gasteiger partial charge in [0.05, 0.1) is 0 Å². The lowest BCUT2D eigenvalue weighted by atomic mass is 10.0. The van der Waals surface area contributed by atoms with E-state index in [1.54, 1.807) is 16.3 Å². The number of thiophene rings is 1. The highest BCUT2D eigenvalue weighted by atomic mass is 32.2. The first-order chi connectivity index (χ1) is 12.5. The molecule has 2 N–H and O–H groups in total. The molecule has 0 bridgehead atoms. The van der Waals surface area contributed by atoms with Gasteiger partial charge in [-0.2, -0.15) is 4.31 Å². The van der Waals surface area contributed by atoms with Crippen molar-refractivity contribution in [1.29, 1.82) is 0 Å². The lowest BCUT2D eigenvalue weighted by Gasteiger charge is -2.28. The number of hydrogen-bond donors (Lipinski definition) is 1. The van der Waals surface area contributed by atoms with Gasteiger partial charge < -0.3 is 10.6 Å². The zero-order valence-corrected chi connectivity index (χ0v) is 15.9. The molecule has 4 rings (SSSR count). The Kier molecular flexibility index (Phi) is 4.60. The van der Waals surface area contributed by atoms with Gasteiger partial charge in [-0.15, -0.1) is 11.3 Å². The van der Waals surface area contributed by atoms with Gasteiger partial charge in [0, 0.05) is 32.2 Å². The number of benzene rings is 1. The van der Waals surface area contributed by atoms with Gasteiger partial charge in [0.25, 0.3) is 5.91 Å². The summed E-state index contributed by atoms with van der Waals surface area (Å²) in [5.74, 6) is -0.232. The van der Waals surface area contributed by atoms with E-state index >= 15 is 0 Å². The molecule has 1 amide bonds. The van der Waals surface area contributed by atoms with E-state index in [9.17, 15) is 13.2 Å². The van der Waals surface area contributed by atoms with Crippen LogP contribution in [-0.4, -0.2) is 49.2 Å². The number of carbonyl (C=O) groups excluding carboxylic acids is 1. The SMILES string of the molecule is N[C@@H]1CCN(C(=O)c2sccc2S(=O)(=O)N2CCc3ccccc3C2)C1. The van der Waals surface area contributed by atoms with Crippen LogP contribution in [0.2, 0.25) is 0 Å². The van der Waals surface area contributed by atoms with Crippen LogP contribution in [0.15, 0.2) is 40.6 Å². The molecule has 0 aliphatic carbocycles. The van der Waals surface area contributed by atoms with E-state index in [0.717, 1.165) is 12.0 Å². The van der Waals surface area contributed by atoms with Crippen molar-refractivity contribution in [3.8, 4) is 0 Å². The summed E-state index contributed by atoms with van der Waals surface area (Å²) in [7, 11) is -3.72. The normalized spacial score (nSPS) is 21.0. The molecule has 0 saturated carbocycles. The number of likely N-dealkylation sites (tertiary alicyclic amines) is 1. The second-order valence-corrected chi connectivity index (χ2v) is 9.59. The maximum Gasteiger partial charge on any atom is 0.265 e. The van der Waals surface area contributed by atoms with Crippen molar-refractivity contribution >= 4 is 27.3 Å². The Morgan fingerprint density at radius 3 is 2.65 bits per heavy atom. The number of carbonyl (C=O) groups is 1. The Labute approximate surface area is 157 Å². The van der Waals surface area contributed by atoms with Gasteiger partial charge in [0.2, 0.25) is 10.0 Å². The first-order valence-corrected chi connectivity index (χ1v) is 11.0. The second kappa shape index (κ2) is 6.77. The molecule has 8 heteroatoms. The predicted molar refractivity (Wildman–Crippen MR) is 101 cm³/mol. The van der Waals surface area contributed by atoms with Gasteiger partial charge >= 0.3 is 0 Å². The van der Waals surface area contributed by atoms with Crippen molar-refractivity contribution in [3.05, 3.63) is 51.7 Å². The van der Waals surface area contributed by atoms with Crippen LogP contribution in [0.3, 0.4) is 0 Å². The van der Waals surface area contributed by atoms with Gasteiger partial charge in [0.15, 0.2) is 0 Å². The maximum atomic E-state index is 13.2. The van der Waals surface area contributed by atoms with Crippen LogP contribution in [0.5, 0.6) is 0 Å². The van der Waals surface area contributed by atoms with E-state index in [0.29, 0.717) is 32.6 Å². The highest BCUT2D eigenvalue weighted by Crippen LogP contribution is 2.30. The Morgan fingerprint density at radius 1 is 1.15 bits per heavy atom. The highest BCUT2D eigenvalue weighted by Gasteiger charge is 2.34. The van der Waals surface area contributed by atoms with E-state index in [1.807, 2.05) is 24.3 Å². The lowest BCUT2D eigenvalue weighted by molar-refractivity contribution is 0.0792. The standard InChI is InChI=1S/C18H21N3O3S2/c19-15-6-8-20(12-15)18(22)17-16(7-10-25-17)26(23,24)21-9-5-13-3-1-2-4-14(13)11-21/h1-4,7,10,15H,5-6,8-9,11-12,19H2/t15-/m1/s1. The van der Waals surface area contributed by atoms with Gasteiger partial charge in [-0.3, -0.25) is 4.79 Å². The lowest BCUT2D eigenvalue weighted by Crippen LogP contribution is -2.37. The van der Waals surface area contributed by atoms with Crippen molar-refractivity contribution < 1.29 is 13.2 Å². The molecular weight excluding hydrogens is 370 g/mol. The van der Waals surface area contributed by atoms with Gasteiger partial charge in [0.1, 0.15) is 9.77 Å². The molecule has 138 valence electrons. The second-order valence-electron chi connectivity index (χ2n) is 6.77. The zero-order chi connectivity index (χ0) is 18.3. The van der Waals surface area contributed by atoms with E-state index in [-0.39, 0.29) is 21.7 Å². The molecule has 1 atom stereocenters. The van der Waals surface area contributed by atoms with Crippen LogP contribution in [0.25, 0.3) is 0 Å². The Morgan fingerprint density at radius 2 is 1.92 bits per heavy atom. The summed E-state index contributed by atoms with van der Waals surface area (Å²) in [6.07, 6.45) is 1.44. The zero-order valence-electron chi connectivity index (χ0n) is 14.3. The summed E-state index contributed by atoms with van der Waals surface area (Å²) in [4.78, 5) is 14.9. The van der Waals surface area contributed by atoms with Gasteiger partial charge in [-0.25, -0.2) is 8.42 Å². The summed E-state index contributed by atoms with van der Waals surface area (Å²) in [6.45, 7) is 1.83. The minimum absolute atomic E-state index is 0.0300. The van der Waals surface area contributed by atoms with Crippen molar-refractivity contribution in [3.63, 3.8) is 0 Å². The van der Waals surface area contributed by atoms with E-state index < -0.39 is 10.0 Å². The number of sulfonamides is 1. The fraction of sp³-hybridized carbons (Fsp3) is 0.389. The van der Waals surface area contributed by atoms with E-state index in [2.05, 4.69) is 0 Å². The van der Waals surface area contributed by atoms with E-state index in [1.165, 1.54) is 21.2 Å². The molecule has 2 aromatic rings. The molecule has 1 saturated heterocycles. The molecule has 0 radical (unpaired) electrons. The minimum atomic E-state index is -3.72. The quantitative estimate of drug-likeness (QED) is 0.863. The monoisotopic (exact) mass is 391 g/mol. The van der Waals surface area contributed by atoms with Gasteiger partial charge in [-0.1, -0.05) is 24.3 Å². The summed E-state index contributed by atoms with van der Waals surface area (Å²) in [5.41, 5.74) is 8.10. The summed E-state index contributed by atoms with van der Waals surface area (Å²) >= 11 is 1.18. The molecule has 6 nitrogen and oxygen atoms in total. The molecule has 2 aliphatic heterocycles. The molecule has 26 heavy (non-hydrogen) atoms. The average molecular weight is 392 g/mol. The number of rotatable bonds is 3. The fourth-order valence-electron chi connectivity index (χ4n) is 3.59. The average Bonchev–Trinajstić information content (AvgIpc) is 3.30. The van der Waals surface area contributed by atoms with Crippen LogP contribution >= 0.6 is 11.3 Å². The summed E-state index contributed by atoms with van der Waals surface area (Å²) < 4.78 is 27.9. The van der Waals surface area contributed by atoms with Crippen LogP contribution in [0.4, 0.5) is 0 Å². The number of fused-ring (bicyclic) bond motifs is 1. The third-order valence-electron chi connectivity index (χ3n) is 5.05. The molecule has 1 fully saturated rings. The Hall–Kier alpha value is -1.74. The molecular formula is C18H21N3O3S2. The molecule has 1 aromatic carbocycles. The first kappa shape index (κ1) is 17.7. The van der Waals surface area contributed by atoms with Crippen molar-refractivity contribution in [2.75, 3.05) is 19.6 Å². The third-order valence-corrected chi connectivity index (χ3v) is 7.97. The summed E-state index contributed by atoms with van der Waals surface area (Å²) in [6, 6.07) is 9.41. The molecule has 0 unspecified atom stereocenters. The topological polar surface area (TPSA) is 83.7 Å². The van der Waals surface area contributed by atoms with E-state index in [4.69, 9.17) is 5.73 Å². The first-order valence-electron chi connectivity index (χ1n) is 8.66. The smallest absolute Gasteiger partial charge is 0.265 e. The largest absolute Gasteiger partial charge is 0.336 e. The number of nitrogens with zero attached hydrogens (tertiary/aromatic N) is 2. The van der Waals surface area contributed by atoms with Crippen LogP contribution in [0.1, 0.15) is 27.2 Å². The number of amides is 1. The van der Waals surface area contributed by atoms with Crippen molar-refractivity contribution in [2.24, 2.45) is 5.73 Å². The fourth-order valence-corrected chi connectivity index (χ4v) is 6.37. The summed E-state index contributed by atoms with van der Waals surface area (Å²) in [5, 5.41) is 1.67. The van der Waals surface area contributed by atoms with Crippen LogP contribution in [-0.2, 0) is 23.0 Å². The predicted octanol–water partition coefficient (Wildman–Crippen LogP) is 1.67. The third kappa shape index (κ3) is 3.07. The molecule has 1 aromatic heterocycles. The molecule has 3 heterocycles. The molecule has 2 aliphatic rings.